The van der Waals surface area contributed by atoms with E-state index in [0.29, 0.717) is 12.8 Å². The van der Waals surface area contributed by atoms with E-state index >= 15 is 0 Å². The summed E-state index contributed by atoms with van der Waals surface area (Å²) in [5, 5.41) is 23.1. The number of nitrogens with zero attached hydrogens (tertiary/aromatic N) is 2. The maximum absolute atomic E-state index is 14.2. The number of carbonyl (C=O) groups is 2. The number of fused-ring (bicyclic) bond motifs is 1. The fraction of sp³-hybridized carbons (Fsp3) is 0.458. The number of aliphatic hydroxyl groups is 1. The highest BCUT2D eigenvalue weighted by Crippen LogP contribution is 2.23. The van der Waals surface area contributed by atoms with E-state index in [4.69, 9.17) is 16.4 Å². The van der Waals surface area contributed by atoms with Crippen LogP contribution in [0.15, 0.2) is 30.3 Å². The van der Waals surface area contributed by atoms with Gasteiger partial charge in [-0.05, 0) is 61.8 Å². The van der Waals surface area contributed by atoms with Gasteiger partial charge in [0.2, 0.25) is 0 Å². The number of aryl methyl sites for hydroxylation is 2. The van der Waals surface area contributed by atoms with Crippen molar-refractivity contribution >= 4 is 29.4 Å². The third kappa shape index (κ3) is 6.65. The molecule has 34 heavy (non-hydrogen) atoms. The Balaban J connectivity index is 1.70. The summed E-state index contributed by atoms with van der Waals surface area (Å²) < 4.78 is 14.2. The Kier molecular flexibility index (Phi) is 9.20. The Bertz CT molecular complexity index is 1000. The summed E-state index contributed by atoms with van der Waals surface area (Å²) in [6.07, 6.45) is 3.20. The van der Waals surface area contributed by atoms with Gasteiger partial charge in [0.1, 0.15) is 23.2 Å². The van der Waals surface area contributed by atoms with Gasteiger partial charge in [-0.1, -0.05) is 30.7 Å². The first kappa shape index (κ1) is 25.9. The topological polar surface area (TPSA) is 112 Å². The third-order valence-electron chi connectivity index (χ3n) is 5.74. The molecule has 0 radical (unpaired) electrons. The summed E-state index contributed by atoms with van der Waals surface area (Å²) in [6.45, 7) is 2.43. The number of hydrogen-bond donors (Lipinski definition) is 3. The molecule has 1 aliphatic rings. The molecule has 2 aromatic rings. The molecule has 0 bridgehead atoms. The monoisotopic (exact) mass is 493 g/mol. The Morgan fingerprint density at radius 3 is 2.79 bits per heavy atom. The van der Waals surface area contributed by atoms with Gasteiger partial charge in [-0.2, -0.15) is 0 Å². The van der Waals surface area contributed by atoms with E-state index in [9.17, 15) is 24.2 Å². The van der Waals surface area contributed by atoms with Crippen LogP contribution in [0.1, 0.15) is 47.8 Å². The fourth-order valence-electron chi connectivity index (χ4n) is 3.89. The van der Waals surface area contributed by atoms with Gasteiger partial charge in [0.25, 0.3) is 0 Å². The number of carboxylic acid groups (broad SMARTS) is 1. The number of carbonyl (C=O) groups excluding carboxylic acids is 1. The van der Waals surface area contributed by atoms with Crippen LogP contribution in [0.25, 0.3) is 0 Å². The molecule has 3 rings (SSSR count). The number of aromatic nitrogens is 1. The predicted molar refractivity (Wildman–Crippen MR) is 125 cm³/mol. The first-order chi connectivity index (χ1) is 16.3. The lowest BCUT2D eigenvalue weighted by Gasteiger charge is -2.29. The van der Waals surface area contributed by atoms with Crippen LogP contribution in [0.4, 0.5) is 10.2 Å². The normalized spacial score (nSPS) is 14.7. The van der Waals surface area contributed by atoms with Crippen LogP contribution in [0.2, 0.25) is 5.02 Å². The summed E-state index contributed by atoms with van der Waals surface area (Å²) in [6, 6.07) is 6.53. The molecule has 0 amide bonds. The van der Waals surface area contributed by atoms with Crippen LogP contribution in [0.3, 0.4) is 0 Å². The Morgan fingerprint density at radius 1 is 1.29 bits per heavy atom. The molecule has 0 unspecified atom stereocenters. The van der Waals surface area contributed by atoms with Crippen molar-refractivity contribution in [3.8, 4) is 0 Å². The van der Waals surface area contributed by atoms with Crippen molar-refractivity contribution in [2.45, 2.75) is 45.1 Å². The van der Waals surface area contributed by atoms with Gasteiger partial charge in [-0.25, -0.2) is 14.2 Å². The van der Waals surface area contributed by atoms with Gasteiger partial charge >= 0.3 is 11.9 Å². The molecule has 8 nitrogen and oxygen atoms in total. The van der Waals surface area contributed by atoms with Crippen LogP contribution in [-0.2, 0) is 22.5 Å². The smallest absolute Gasteiger partial charge is 0.361 e. The molecule has 0 spiro atoms. The second-order valence-corrected chi connectivity index (χ2v) is 8.83. The summed E-state index contributed by atoms with van der Waals surface area (Å²) in [4.78, 5) is 34.5. The molecule has 2 heterocycles. The minimum Gasteiger partial charge on any atom is -0.480 e. The zero-order chi connectivity index (χ0) is 24.7. The van der Waals surface area contributed by atoms with Crippen molar-refractivity contribution in [3.05, 3.63) is 58.0 Å². The number of nitrogens with one attached hydrogen (secondary N) is 1. The lowest BCUT2D eigenvalue weighted by molar-refractivity contribution is -0.176. The zero-order valence-electron chi connectivity index (χ0n) is 19.0. The summed E-state index contributed by atoms with van der Waals surface area (Å²) in [5.41, 5.74) is 1.63. The quantitative estimate of drug-likeness (QED) is 0.406. The van der Waals surface area contributed by atoms with Gasteiger partial charge in [-0.3, -0.25) is 4.79 Å². The fourth-order valence-corrected chi connectivity index (χ4v) is 4.13. The van der Waals surface area contributed by atoms with Gasteiger partial charge in [0, 0.05) is 25.4 Å². The highest BCUT2D eigenvalue weighted by molar-refractivity contribution is 6.33. The summed E-state index contributed by atoms with van der Waals surface area (Å²) in [5.74, 6) is -2.43. The second kappa shape index (κ2) is 12.1. The minimum atomic E-state index is -1.30. The van der Waals surface area contributed by atoms with Crippen molar-refractivity contribution in [3.63, 3.8) is 0 Å². The SMILES string of the molecule is C[C@@H](CCc1ccc2c(n1)NCCC2)CN(OC(=O)c1c(F)cccc1Cl)[C@H](CCO)C(=O)O. The lowest BCUT2D eigenvalue weighted by Crippen LogP contribution is -2.45. The molecule has 0 saturated carbocycles. The molecule has 184 valence electrons. The van der Waals surface area contributed by atoms with E-state index in [1.165, 1.54) is 17.7 Å². The van der Waals surface area contributed by atoms with E-state index in [0.717, 1.165) is 42.0 Å². The van der Waals surface area contributed by atoms with E-state index in [1.807, 2.05) is 13.0 Å². The van der Waals surface area contributed by atoms with Crippen molar-refractivity contribution in [2.24, 2.45) is 5.92 Å². The number of aliphatic carboxylic acids is 1. The number of halogens is 2. The van der Waals surface area contributed by atoms with E-state index in [1.54, 1.807) is 0 Å². The van der Waals surface area contributed by atoms with Crippen LogP contribution in [-0.4, -0.2) is 57.9 Å². The number of benzene rings is 1. The Hall–Kier alpha value is -2.75. The molecule has 2 atom stereocenters. The predicted octanol–water partition coefficient (Wildman–Crippen LogP) is 3.71. The van der Waals surface area contributed by atoms with Gasteiger partial charge in [0.15, 0.2) is 0 Å². The largest absolute Gasteiger partial charge is 0.480 e. The Morgan fingerprint density at radius 2 is 2.09 bits per heavy atom. The number of hydroxylamine groups is 2. The number of aliphatic hydroxyl groups excluding tert-OH is 1. The summed E-state index contributed by atoms with van der Waals surface area (Å²) in [7, 11) is 0. The molecule has 0 saturated heterocycles. The average molecular weight is 494 g/mol. The molecule has 10 heteroatoms. The molecule has 0 aliphatic carbocycles. The molecule has 1 aliphatic heterocycles. The molecule has 0 fully saturated rings. The van der Waals surface area contributed by atoms with Crippen molar-refractivity contribution in [2.75, 3.05) is 25.0 Å². The van der Waals surface area contributed by atoms with E-state index in [-0.39, 0.29) is 23.9 Å². The third-order valence-corrected chi connectivity index (χ3v) is 6.05. The Labute approximate surface area is 202 Å². The van der Waals surface area contributed by atoms with Crippen LogP contribution < -0.4 is 5.32 Å². The minimum absolute atomic E-state index is 0.0674. The number of rotatable bonds is 11. The first-order valence-corrected chi connectivity index (χ1v) is 11.7. The first-order valence-electron chi connectivity index (χ1n) is 11.3. The highest BCUT2D eigenvalue weighted by atomic mass is 35.5. The molecule has 3 N–H and O–H groups in total. The van der Waals surface area contributed by atoms with Crippen LogP contribution >= 0.6 is 11.6 Å². The van der Waals surface area contributed by atoms with Gasteiger partial charge in [-0.15, -0.1) is 5.06 Å². The van der Waals surface area contributed by atoms with Crippen molar-refractivity contribution < 1.29 is 29.0 Å². The number of hydrogen-bond acceptors (Lipinski definition) is 7. The van der Waals surface area contributed by atoms with E-state index in [2.05, 4.69) is 16.4 Å². The maximum Gasteiger partial charge on any atom is 0.361 e. The van der Waals surface area contributed by atoms with Gasteiger partial charge < -0.3 is 20.4 Å². The number of pyridine rings is 1. The van der Waals surface area contributed by atoms with E-state index < -0.39 is 36.0 Å². The molecule has 1 aromatic carbocycles. The molecular formula is C24H29ClFN3O5. The maximum atomic E-state index is 14.2. The average Bonchev–Trinajstić information content (AvgIpc) is 2.80. The zero-order valence-corrected chi connectivity index (χ0v) is 19.7. The van der Waals surface area contributed by atoms with Gasteiger partial charge in [0.05, 0.1) is 5.02 Å². The molecule has 1 aromatic heterocycles. The standard InChI is InChI=1S/C24H29ClFN3O5/c1-15(7-9-17-10-8-16-4-3-12-27-22(16)28-17)14-29(20(11-13-30)23(31)32)34-24(33)21-18(25)5-2-6-19(21)26/h2,5-6,8,10,15,20,30H,3-4,7,9,11-14H2,1H3,(H,27,28)(H,31,32)/t15-,20+/m0/s1. The lowest BCUT2D eigenvalue weighted by atomic mass is 10.0. The van der Waals surface area contributed by atoms with Crippen molar-refractivity contribution in [1.29, 1.82) is 0 Å². The molecular weight excluding hydrogens is 465 g/mol. The van der Waals surface area contributed by atoms with Crippen LogP contribution in [0.5, 0.6) is 0 Å². The number of anilines is 1. The number of carboxylic acids is 1. The second-order valence-electron chi connectivity index (χ2n) is 8.43. The highest BCUT2D eigenvalue weighted by Gasteiger charge is 2.31. The van der Waals surface area contributed by atoms with Crippen molar-refractivity contribution in [1.82, 2.24) is 10.0 Å². The summed E-state index contributed by atoms with van der Waals surface area (Å²) >= 11 is 5.96. The van der Waals surface area contributed by atoms with Crippen LogP contribution in [0, 0.1) is 11.7 Å².